The van der Waals surface area contributed by atoms with E-state index in [4.69, 9.17) is 28.5 Å². The van der Waals surface area contributed by atoms with E-state index in [-0.39, 0.29) is 11.5 Å². The topological polar surface area (TPSA) is 44.1 Å². The number of nitrogens with zero attached hydrogens (tertiary/aromatic N) is 2. The molecule has 0 atom stereocenters. The van der Waals surface area contributed by atoms with Crippen molar-refractivity contribution in [3.63, 3.8) is 0 Å². The van der Waals surface area contributed by atoms with Gasteiger partial charge in [0, 0.05) is 28.7 Å². The molecule has 2 rings (SSSR count). The number of likely N-dealkylation sites (tertiary alicyclic amines) is 1. The molecule has 1 aliphatic rings. The predicted molar refractivity (Wildman–Crippen MR) is 75.9 cm³/mol. The second-order valence-electron chi connectivity index (χ2n) is 4.30. The van der Waals surface area contributed by atoms with Gasteiger partial charge in [0.25, 0.3) is 5.91 Å². The van der Waals surface area contributed by atoms with E-state index in [0.717, 1.165) is 12.8 Å². The highest BCUT2D eigenvalue weighted by atomic mass is 35.5. The van der Waals surface area contributed by atoms with Crippen LogP contribution < -0.4 is 0 Å². The first-order chi connectivity index (χ1) is 9.13. The SMILES string of the molecule is N#C/C(=C/c1c(Cl)cccc1Cl)C(=O)N1CCCC1. The van der Waals surface area contributed by atoms with Crippen LogP contribution in [0.2, 0.25) is 10.0 Å². The van der Waals surface area contributed by atoms with Crippen molar-refractivity contribution >= 4 is 35.2 Å². The van der Waals surface area contributed by atoms with Crippen LogP contribution in [0, 0.1) is 11.3 Å². The zero-order valence-corrected chi connectivity index (χ0v) is 11.7. The number of amides is 1. The summed E-state index contributed by atoms with van der Waals surface area (Å²) in [6.07, 6.45) is 3.43. The van der Waals surface area contributed by atoms with Crippen molar-refractivity contribution in [3.8, 4) is 6.07 Å². The van der Waals surface area contributed by atoms with Gasteiger partial charge in [-0.25, -0.2) is 0 Å². The van der Waals surface area contributed by atoms with Crippen molar-refractivity contribution in [2.75, 3.05) is 13.1 Å². The van der Waals surface area contributed by atoms with Gasteiger partial charge >= 0.3 is 0 Å². The molecule has 1 fully saturated rings. The largest absolute Gasteiger partial charge is 0.338 e. The van der Waals surface area contributed by atoms with Crippen LogP contribution in [0.1, 0.15) is 18.4 Å². The van der Waals surface area contributed by atoms with E-state index in [1.54, 1.807) is 23.1 Å². The zero-order valence-electron chi connectivity index (χ0n) is 10.2. The Balaban J connectivity index is 2.34. The van der Waals surface area contributed by atoms with Gasteiger partial charge in [-0.15, -0.1) is 0 Å². The van der Waals surface area contributed by atoms with E-state index >= 15 is 0 Å². The summed E-state index contributed by atoms with van der Waals surface area (Å²) in [4.78, 5) is 13.8. The Kier molecular flexibility index (Phi) is 4.47. The Morgan fingerprint density at radius 1 is 1.26 bits per heavy atom. The van der Waals surface area contributed by atoms with E-state index < -0.39 is 0 Å². The fourth-order valence-electron chi connectivity index (χ4n) is 2.03. The third kappa shape index (κ3) is 3.09. The number of carbonyl (C=O) groups excluding carboxylic acids is 1. The summed E-state index contributed by atoms with van der Waals surface area (Å²) in [5, 5.41) is 10.00. The van der Waals surface area contributed by atoms with Gasteiger partial charge in [0.15, 0.2) is 0 Å². The number of hydrogen-bond acceptors (Lipinski definition) is 2. The molecule has 1 saturated heterocycles. The normalized spacial score (nSPS) is 15.4. The van der Waals surface area contributed by atoms with Gasteiger partial charge in [-0.05, 0) is 31.1 Å². The third-order valence-electron chi connectivity index (χ3n) is 3.03. The molecule has 0 N–H and O–H groups in total. The third-order valence-corrected chi connectivity index (χ3v) is 3.69. The first-order valence-electron chi connectivity index (χ1n) is 5.98. The first-order valence-corrected chi connectivity index (χ1v) is 6.74. The van der Waals surface area contributed by atoms with Crippen molar-refractivity contribution < 1.29 is 4.79 Å². The molecular weight excluding hydrogens is 283 g/mol. The molecule has 1 amide bonds. The van der Waals surface area contributed by atoms with E-state index in [1.807, 2.05) is 6.07 Å². The molecule has 1 aromatic carbocycles. The highest BCUT2D eigenvalue weighted by molar-refractivity contribution is 6.37. The van der Waals surface area contributed by atoms with E-state index in [1.165, 1.54) is 6.08 Å². The second-order valence-corrected chi connectivity index (χ2v) is 5.12. The van der Waals surface area contributed by atoms with Gasteiger partial charge in [0.1, 0.15) is 11.6 Å². The maximum absolute atomic E-state index is 12.2. The average molecular weight is 295 g/mol. The Morgan fingerprint density at radius 2 is 1.84 bits per heavy atom. The van der Waals surface area contributed by atoms with Crippen LogP contribution in [0.5, 0.6) is 0 Å². The van der Waals surface area contributed by atoms with Gasteiger partial charge in [-0.3, -0.25) is 4.79 Å². The van der Waals surface area contributed by atoms with Crippen molar-refractivity contribution in [2.24, 2.45) is 0 Å². The number of hydrogen-bond donors (Lipinski definition) is 0. The monoisotopic (exact) mass is 294 g/mol. The lowest BCUT2D eigenvalue weighted by Crippen LogP contribution is -2.28. The summed E-state index contributed by atoms with van der Waals surface area (Å²) in [5.41, 5.74) is 0.576. The minimum atomic E-state index is -0.254. The van der Waals surface area contributed by atoms with Crippen molar-refractivity contribution in [1.29, 1.82) is 5.26 Å². The standard InChI is InChI=1S/C14H12Cl2N2O/c15-12-4-3-5-13(16)11(12)8-10(9-17)14(19)18-6-1-2-7-18/h3-5,8H,1-2,6-7H2/b10-8-. The van der Waals surface area contributed by atoms with Crippen LogP contribution in [-0.2, 0) is 4.79 Å². The molecule has 0 saturated carbocycles. The molecule has 0 unspecified atom stereocenters. The highest BCUT2D eigenvalue weighted by Gasteiger charge is 2.21. The van der Waals surface area contributed by atoms with Crippen molar-refractivity contribution in [1.82, 2.24) is 4.90 Å². The lowest BCUT2D eigenvalue weighted by molar-refractivity contribution is -0.125. The molecule has 1 aliphatic heterocycles. The molecule has 0 aliphatic carbocycles. The van der Waals surface area contributed by atoms with E-state index in [9.17, 15) is 4.79 Å². The maximum Gasteiger partial charge on any atom is 0.264 e. The predicted octanol–water partition coefficient (Wildman–Crippen LogP) is 3.52. The molecule has 0 radical (unpaired) electrons. The lowest BCUT2D eigenvalue weighted by atomic mass is 10.1. The Hall–Kier alpha value is -1.50. The van der Waals surface area contributed by atoms with Gasteiger partial charge < -0.3 is 4.90 Å². The number of rotatable bonds is 2. The summed E-state index contributed by atoms with van der Waals surface area (Å²) in [6.45, 7) is 1.40. The zero-order chi connectivity index (χ0) is 13.8. The summed E-state index contributed by atoms with van der Waals surface area (Å²) in [7, 11) is 0. The fourth-order valence-corrected chi connectivity index (χ4v) is 2.53. The van der Waals surface area contributed by atoms with Crippen LogP contribution in [0.4, 0.5) is 0 Å². The van der Waals surface area contributed by atoms with Gasteiger partial charge in [0.05, 0.1) is 0 Å². The van der Waals surface area contributed by atoms with E-state index in [0.29, 0.717) is 28.7 Å². The van der Waals surface area contributed by atoms with Crippen molar-refractivity contribution in [2.45, 2.75) is 12.8 Å². The van der Waals surface area contributed by atoms with Gasteiger partial charge in [-0.1, -0.05) is 29.3 Å². The number of benzene rings is 1. The summed E-state index contributed by atoms with van der Waals surface area (Å²) in [6, 6.07) is 7.00. The van der Waals surface area contributed by atoms with Crippen LogP contribution in [0.3, 0.4) is 0 Å². The molecule has 0 aromatic heterocycles. The van der Waals surface area contributed by atoms with Crippen LogP contribution in [0.25, 0.3) is 6.08 Å². The Bertz CT molecular complexity index is 549. The highest BCUT2D eigenvalue weighted by Crippen LogP contribution is 2.27. The van der Waals surface area contributed by atoms with E-state index in [2.05, 4.69) is 0 Å². The molecule has 1 heterocycles. The summed E-state index contributed by atoms with van der Waals surface area (Å²) >= 11 is 12.1. The minimum Gasteiger partial charge on any atom is -0.338 e. The molecule has 19 heavy (non-hydrogen) atoms. The average Bonchev–Trinajstić information content (AvgIpc) is 2.92. The number of carbonyl (C=O) groups is 1. The summed E-state index contributed by atoms with van der Waals surface area (Å²) in [5.74, 6) is -0.254. The summed E-state index contributed by atoms with van der Waals surface area (Å²) < 4.78 is 0. The molecule has 3 nitrogen and oxygen atoms in total. The van der Waals surface area contributed by atoms with Crippen LogP contribution >= 0.6 is 23.2 Å². The Labute approximate surface area is 122 Å². The Morgan fingerprint density at radius 3 is 2.37 bits per heavy atom. The number of halogens is 2. The van der Waals surface area contributed by atoms with Crippen molar-refractivity contribution in [3.05, 3.63) is 39.4 Å². The molecular formula is C14H12Cl2N2O. The molecule has 0 bridgehead atoms. The molecule has 5 heteroatoms. The first kappa shape index (κ1) is 13.9. The smallest absolute Gasteiger partial charge is 0.264 e. The molecule has 0 spiro atoms. The second kappa shape index (κ2) is 6.10. The quantitative estimate of drug-likeness (QED) is 0.619. The fraction of sp³-hybridized carbons (Fsp3) is 0.286. The maximum atomic E-state index is 12.2. The van der Waals surface area contributed by atoms with Crippen LogP contribution in [0.15, 0.2) is 23.8 Å². The minimum absolute atomic E-state index is 0.0666. The molecule has 1 aromatic rings. The number of nitriles is 1. The van der Waals surface area contributed by atoms with Gasteiger partial charge in [-0.2, -0.15) is 5.26 Å². The van der Waals surface area contributed by atoms with Crippen LogP contribution in [-0.4, -0.2) is 23.9 Å². The lowest BCUT2D eigenvalue weighted by Gasteiger charge is -2.14. The molecule has 98 valence electrons. The van der Waals surface area contributed by atoms with Gasteiger partial charge in [0.2, 0.25) is 0 Å².